The van der Waals surface area contributed by atoms with Gasteiger partial charge < -0.3 is 55.6 Å². The van der Waals surface area contributed by atoms with Gasteiger partial charge in [-0.05, 0) is 114 Å². The molecule has 0 aromatic heterocycles. The standard InChI is InChI=1S/C63H115N11O10/c1-26-28-29-42(15)34-47-43(16)64-46(27-2)59(80)68(19)35-52(75)69(20)48(30-36(3)4)57(78)67-53(40(11)12)62(83)71(22)49(31-37(5)6)56(77)65-44(17)55(76)66-45(18)58(79)72(23)50(32-38(7)8)60(81)73(24)51(33-39(9)10)61(82)74(25)54(41(13)14)63(84)70(47)21/h26,28,36-51,53-54,64H,27,29-35H2,1-25H3,(H,65,77)(H,66,76)(H,67,78)/b28-26+/t42-,43?,44+,45?,46+,47+,48+,49+,50+,51?,53?,54+/m1/s1. The minimum Gasteiger partial charge on any atom is -0.343 e. The molecule has 21 heteroatoms. The van der Waals surface area contributed by atoms with Crippen LogP contribution >= 0.6 is 0 Å². The Balaban J connectivity index is 4.27. The molecule has 21 nitrogen and oxygen atoms in total. The summed E-state index contributed by atoms with van der Waals surface area (Å²) in [5.74, 6) is -6.40. The van der Waals surface area contributed by atoms with Gasteiger partial charge in [-0.1, -0.05) is 109 Å². The first-order chi connectivity index (χ1) is 38.8. The van der Waals surface area contributed by atoms with Crippen molar-refractivity contribution in [1.29, 1.82) is 0 Å². The van der Waals surface area contributed by atoms with Crippen LogP contribution in [0.4, 0.5) is 0 Å². The molecule has 1 heterocycles. The summed E-state index contributed by atoms with van der Waals surface area (Å²) in [6.07, 6.45) is 6.50. The molecule has 4 N–H and O–H groups in total. The van der Waals surface area contributed by atoms with Gasteiger partial charge in [-0.3, -0.25) is 47.9 Å². The van der Waals surface area contributed by atoms with Gasteiger partial charge in [-0.25, -0.2) is 0 Å². The number of rotatable bonds is 15. The first kappa shape index (κ1) is 76.4. The molecule has 1 aliphatic rings. The van der Waals surface area contributed by atoms with E-state index >= 15 is 9.59 Å². The summed E-state index contributed by atoms with van der Waals surface area (Å²) in [6.45, 7) is 32.9. The van der Waals surface area contributed by atoms with Crippen molar-refractivity contribution in [2.75, 3.05) is 55.9 Å². The highest BCUT2D eigenvalue weighted by Crippen LogP contribution is 2.26. The highest BCUT2D eigenvalue weighted by Gasteiger charge is 2.44. The molecule has 0 aliphatic carbocycles. The van der Waals surface area contributed by atoms with Crippen LogP contribution in [0.1, 0.15) is 170 Å². The molecule has 1 saturated heterocycles. The molecule has 84 heavy (non-hydrogen) atoms. The van der Waals surface area contributed by atoms with Crippen LogP contribution in [0.15, 0.2) is 12.2 Å². The van der Waals surface area contributed by atoms with Gasteiger partial charge in [0, 0.05) is 61.4 Å². The van der Waals surface area contributed by atoms with Crippen molar-refractivity contribution < 1.29 is 47.9 Å². The summed E-state index contributed by atoms with van der Waals surface area (Å²) >= 11 is 0. The third-order valence-electron chi connectivity index (χ3n) is 16.4. The number of carbonyl (C=O) groups excluding carboxylic acids is 10. The van der Waals surface area contributed by atoms with Crippen LogP contribution in [0.5, 0.6) is 0 Å². The maximum atomic E-state index is 15.2. The maximum absolute atomic E-state index is 15.2. The molecule has 4 unspecified atom stereocenters. The molecule has 0 aromatic carbocycles. The van der Waals surface area contributed by atoms with Gasteiger partial charge in [0.25, 0.3) is 0 Å². The molecule has 0 aromatic rings. The van der Waals surface area contributed by atoms with Gasteiger partial charge in [0.1, 0.15) is 48.3 Å². The molecule has 482 valence electrons. The lowest BCUT2D eigenvalue weighted by molar-refractivity contribution is -0.155. The number of hydrogen-bond donors (Lipinski definition) is 4. The zero-order valence-electron chi connectivity index (χ0n) is 56.4. The van der Waals surface area contributed by atoms with E-state index in [2.05, 4.69) is 34.3 Å². The first-order valence-corrected chi connectivity index (χ1v) is 30.9. The second kappa shape index (κ2) is 35.1. The summed E-state index contributed by atoms with van der Waals surface area (Å²) in [5.41, 5.74) is 0. The third kappa shape index (κ3) is 22.0. The summed E-state index contributed by atoms with van der Waals surface area (Å²) in [7, 11) is 10.8. The van der Waals surface area contributed by atoms with Gasteiger partial charge in [0.2, 0.25) is 59.1 Å². The first-order valence-electron chi connectivity index (χ1n) is 30.9. The molecule has 0 radical (unpaired) electrons. The summed E-state index contributed by atoms with van der Waals surface area (Å²) in [4.78, 5) is 155. The number of nitrogens with zero attached hydrogens (tertiary/aromatic N) is 7. The lowest BCUT2D eigenvalue weighted by atomic mass is 9.91. The zero-order valence-corrected chi connectivity index (χ0v) is 56.4. The Kier molecular flexibility index (Phi) is 32.0. The van der Waals surface area contributed by atoms with E-state index in [1.54, 1.807) is 39.9 Å². The van der Waals surface area contributed by atoms with E-state index in [4.69, 9.17) is 0 Å². The van der Waals surface area contributed by atoms with E-state index in [-0.39, 0.29) is 79.5 Å². The number of hydrogen-bond acceptors (Lipinski definition) is 11. The number of nitrogens with one attached hydrogen (secondary N) is 4. The molecular weight excluding hydrogens is 1070 g/mol. The molecule has 0 saturated carbocycles. The fourth-order valence-electron chi connectivity index (χ4n) is 11.1. The summed E-state index contributed by atoms with van der Waals surface area (Å²) < 4.78 is 0. The van der Waals surface area contributed by atoms with Crippen LogP contribution in [0.25, 0.3) is 0 Å². The van der Waals surface area contributed by atoms with Crippen LogP contribution < -0.4 is 21.3 Å². The van der Waals surface area contributed by atoms with Crippen LogP contribution in [0.3, 0.4) is 0 Å². The van der Waals surface area contributed by atoms with E-state index in [1.807, 2.05) is 96.1 Å². The number of likely N-dealkylation sites (N-methyl/N-ethyl adjacent to an activating group) is 7. The molecule has 12 atom stereocenters. The average Bonchev–Trinajstić information content (AvgIpc) is 2.64. The second-order valence-corrected chi connectivity index (χ2v) is 26.5. The Morgan fingerprint density at radius 2 is 0.893 bits per heavy atom. The number of amides is 10. The Labute approximate surface area is 506 Å². The third-order valence-corrected chi connectivity index (χ3v) is 16.4. The van der Waals surface area contributed by atoms with Crippen molar-refractivity contribution in [3.63, 3.8) is 0 Å². The Morgan fingerprint density at radius 3 is 1.35 bits per heavy atom. The van der Waals surface area contributed by atoms with Gasteiger partial charge >= 0.3 is 0 Å². The topological polar surface area (TPSA) is 242 Å². The Bertz CT molecular complexity index is 2240. The normalized spacial score (nSPS) is 27.7. The molecule has 1 rings (SSSR count). The minimum absolute atomic E-state index is 0.0760. The van der Waals surface area contributed by atoms with Crippen molar-refractivity contribution >= 4 is 59.1 Å². The van der Waals surface area contributed by atoms with Crippen molar-refractivity contribution in [2.24, 2.45) is 41.4 Å². The lowest BCUT2D eigenvalue weighted by Gasteiger charge is -2.42. The monoisotopic (exact) mass is 1190 g/mol. The zero-order chi connectivity index (χ0) is 65.1. The van der Waals surface area contributed by atoms with Crippen LogP contribution in [0.2, 0.25) is 0 Å². The Morgan fingerprint density at radius 1 is 0.464 bits per heavy atom. The van der Waals surface area contributed by atoms with Crippen LogP contribution in [-0.4, -0.2) is 216 Å². The molecule has 0 spiro atoms. The van der Waals surface area contributed by atoms with E-state index in [1.165, 1.54) is 71.4 Å². The molecule has 1 fully saturated rings. The number of allylic oxidation sites excluding steroid dienone is 2. The number of carbonyl (C=O) groups is 10. The quantitative estimate of drug-likeness (QED) is 0.156. The van der Waals surface area contributed by atoms with Crippen molar-refractivity contribution in [1.82, 2.24) is 55.6 Å². The molecule has 0 bridgehead atoms. The molecule has 10 amide bonds. The fraction of sp³-hybridized carbons (Fsp3) is 0.810. The highest BCUT2D eigenvalue weighted by atomic mass is 16.2. The lowest BCUT2D eigenvalue weighted by Crippen LogP contribution is -2.62. The van der Waals surface area contributed by atoms with Crippen LogP contribution in [-0.2, 0) is 47.9 Å². The predicted molar refractivity (Wildman–Crippen MR) is 332 cm³/mol. The Hall–Kier alpha value is -5.60. The molecule has 1 aliphatic heterocycles. The maximum Gasteiger partial charge on any atom is 0.245 e. The van der Waals surface area contributed by atoms with E-state index in [9.17, 15) is 38.4 Å². The SMILES string of the molecule is C/C=C/C[C@@H](C)C[C@H]1C(C)N[C@@H](CC)C(=O)N(C)CC(=O)N(C)[C@@H](CC(C)C)C(=O)NC(C(C)C)C(=O)N(C)[C@@H](CC(C)C)C(=O)N[C@@H](C)C(=O)NC(C)C(=O)N(C)[C@@H](CC(C)C)C(=O)N(C)C(CC(C)C)C(=O)N(C)[C@@H](C(C)C)C(=O)N1C. The van der Waals surface area contributed by atoms with Crippen molar-refractivity contribution in [3.05, 3.63) is 12.2 Å². The van der Waals surface area contributed by atoms with Crippen molar-refractivity contribution in [3.8, 4) is 0 Å². The average molecular weight is 1190 g/mol. The van der Waals surface area contributed by atoms with Crippen molar-refractivity contribution in [2.45, 2.75) is 236 Å². The smallest absolute Gasteiger partial charge is 0.245 e. The fourth-order valence-corrected chi connectivity index (χ4v) is 11.1. The van der Waals surface area contributed by atoms with E-state index < -0.39 is 120 Å². The highest BCUT2D eigenvalue weighted by molar-refractivity contribution is 5.98. The van der Waals surface area contributed by atoms with Crippen LogP contribution in [0, 0.1) is 41.4 Å². The second-order valence-electron chi connectivity index (χ2n) is 26.5. The van der Waals surface area contributed by atoms with E-state index in [0.29, 0.717) is 12.8 Å². The van der Waals surface area contributed by atoms with E-state index in [0.717, 1.165) is 6.42 Å². The minimum atomic E-state index is -1.19. The molecular formula is C63H115N11O10. The summed E-state index contributed by atoms with van der Waals surface area (Å²) in [5, 5.41) is 11.9. The van der Waals surface area contributed by atoms with Gasteiger partial charge in [0.15, 0.2) is 0 Å². The summed E-state index contributed by atoms with van der Waals surface area (Å²) in [6, 6.07) is -10.5. The predicted octanol–water partition coefficient (Wildman–Crippen LogP) is 5.16. The van der Waals surface area contributed by atoms with Gasteiger partial charge in [-0.15, -0.1) is 0 Å². The van der Waals surface area contributed by atoms with Gasteiger partial charge in [0.05, 0.1) is 12.6 Å². The van der Waals surface area contributed by atoms with Gasteiger partial charge in [-0.2, -0.15) is 0 Å². The largest absolute Gasteiger partial charge is 0.343 e.